The summed E-state index contributed by atoms with van der Waals surface area (Å²) in [6.45, 7) is 15.8. The molecule has 0 aromatic rings. The third-order valence-electron chi connectivity index (χ3n) is 16.3. The van der Waals surface area contributed by atoms with Gasteiger partial charge in [0.1, 0.15) is 36.6 Å². The van der Waals surface area contributed by atoms with Crippen molar-refractivity contribution in [2.45, 2.75) is 173 Å². The second kappa shape index (κ2) is 12.6. The van der Waals surface area contributed by atoms with Gasteiger partial charge in [0.15, 0.2) is 18.4 Å². The van der Waals surface area contributed by atoms with Crippen LogP contribution in [0.3, 0.4) is 0 Å². The standard InChI is InChI=1S/C40H64O12/c1-20(2)14-21-15-38(7,46)32-22-8-9-26-36(5)12-11-27(35(3,4)25(36)10-13-37(26,6)39(22)18-40(32,52-21)48-19-39)50-34-31(28(43)23(42)17-47-34)51-33-30(45)29(44)24(16-41)49-33/h14,21-34,41-46H,8-13,15-19H2,1-7H3/t21-,22+,23-,24-,25-,26+,27-,28-,29-,30+,31+,32-,33-,34-,36-,37+,38-,39-,40-/m0/s1. The molecule has 2 spiro atoms. The Morgan fingerprint density at radius 2 is 1.62 bits per heavy atom. The van der Waals surface area contributed by atoms with Crippen LogP contribution in [0, 0.1) is 45.3 Å². The Labute approximate surface area is 308 Å². The van der Waals surface area contributed by atoms with E-state index in [9.17, 15) is 30.6 Å². The lowest BCUT2D eigenvalue weighted by molar-refractivity contribution is -0.346. The minimum atomic E-state index is -1.46. The maximum atomic E-state index is 12.1. The highest BCUT2D eigenvalue weighted by atomic mass is 16.8. The van der Waals surface area contributed by atoms with Crippen LogP contribution in [0.15, 0.2) is 11.6 Å². The highest BCUT2D eigenvalue weighted by Crippen LogP contribution is 2.80. The largest absolute Gasteiger partial charge is 0.394 e. The maximum Gasteiger partial charge on any atom is 0.187 e. The van der Waals surface area contributed by atoms with Gasteiger partial charge in [-0.25, -0.2) is 0 Å². The van der Waals surface area contributed by atoms with Crippen molar-refractivity contribution in [1.29, 1.82) is 0 Å². The van der Waals surface area contributed by atoms with Gasteiger partial charge in [-0.2, -0.15) is 0 Å². The number of fused-ring (bicyclic) bond motifs is 4. The van der Waals surface area contributed by atoms with E-state index in [2.05, 4.69) is 47.6 Å². The molecule has 0 radical (unpaired) electrons. The zero-order chi connectivity index (χ0) is 37.4. The lowest BCUT2D eigenvalue weighted by Gasteiger charge is -2.70. The van der Waals surface area contributed by atoms with Crippen molar-refractivity contribution in [3.8, 4) is 0 Å². The van der Waals surface area contributed by atoms with E-state index in [4.69, 9.17) is 28.4 Å². The first-order valence-corrected chi connectivity index (χ1v) is 19.9. The van der Waals surface area contributed by atoms with Gasteiger partial charge in [-0.3, -0.25) is 0 Å². The van der Waals surface area contributed by atoms with Crippen LogP contribution in [0.4, 0.5) is 0 Å². The number of aliphatic hydroxyl groups excluding tert-OH is 5. The molecule has 8 aliphatic rings. The molecule has 8 rings (SSSR count). The van der Waals surface area contributed by atoms with E-state index in [0.29, 0.717) is 30.8 Å². The first-order valence-electron chi connectivity index (χ1n) is 19.9. The second-order valence-electron chi connectivity index (χ2n) is 19.7. The van der Waals surface area contributed by atoms with Gasteiger partial charge in [0.2, 0.25) is 0 Å². The van der Waals surface area contributed by atoms with Gasteiger partial charge < -0.3 is 59.1 Å². The smallest absolute Gasteiger partial charge is 0.187 e. The summed E-state index contributed by atoms with van der Waals surface area (Å²) in [7, 11) is 0. The summed E-state index contributed by atoms with van der Waals surface area (Å²) in [6, 6.07) is 0. The quantitative estimate of drug-likeness (QED) is 0.174. The summed E-state index contributed by atoms with van der Waals surface area (Å²) >= 11 is 0. The molecule has 4 saturated carbocycles. The molecule has 0 amide bonds. The fourth-order valence-electron chi connectivity index (χ4n) is 14.1. The van der Waals surface area contributed by atoms with Crippen LogP contribution in [0.1, 0.15) is 99.8 Å². The Morgan fingerprint density at radius 1 is 0.865 bits per heavy atom. The molecular formula is C40H64O12. The Morgan fingerprint density at radius 3 is 2.31 bits per heavy atom. The molecular weight excluding hydrogens is 672 g/mol. The van der Waals surface area contributed by atoms with Crippen LogP contribution in [-0.2, 0) is 28.4 Å². The summed E-state index contributed by atoms with van der Waals surface area (Å²) in [5.41, 5.74) is 0.0110. The predicted octanol–water partition coefficient (Wildman–Crippen LogP) is 2.78. The Bertz CT molecular complexity index is 1400. The van der Waals surface area contributed by atoms with E-state index in [-0.39, 0.29) is 46.4 Å². The second-order valence-corrected chi connectivity index (χ2v) is 19.7. The van der Waals surface area contributed by atoms with E-state index in [1.165, 1.54) is 5.57 Å². The molecule has 4 heterocycles. The first-order chi connectivity index (χ1) is 24.3. The molecule has 0 unspecified atom stereocenters. The zero-order valence-corrected chi connectivity index (χ0v) is 32.1. The number of rotatable bonds is 6. The van der Waals surface area contributed by atoms with Crippen LogP contribution in [0.2, 0.25) is 0 Å². The molecule has 2 bridgehead atoms. The molecule has 0 aromatic carbocycles. The Hall–Kier alpha value is -0.740. The van der Waals surface area contributed by atoms with Gasteiger partial charge in [-0.15, -0.1) is 0 Å². The van der Waals surface area contributed by atoms with Crippen molar-refractivity contribution < 1.29 is 59.1 Å². The molecule has 19 atom stereocenters. The van der Waals surface area contributed by atoms with Crippen molar-refractivity contribution in [1.82, 2.24) is 0 Å². The van der Waals surface area contributed by atoms with Gasteiger partial charge in [0, 0.05) is 24.2 Å². The van der Waals surface area contributed by atoms with Crippen molar-refractivity contribution >= 4 is 0 Å². The highest BCUT2D eigenvalue weighted by Gasteiger charge is 2.80. The van der Waals surface area contributed by atoms with Gasteiger partial charge >= 0.3 is 0 Å². The fraction of sp³-hybridized carbons (Fsp3) is 0.950. The van der Waals surface area contributed by atoms with Gasteiger partial charge in [0.25, 0.3) is 0 Å². The van der Waals surface area contributed by atoms with Gasteiger partial charge in [-0.05, 0) is 93.3 Å². The monoisotopic (exact) mass is 736 g/mol. The van der Waals surface area contributed by atoms with Crippen molar-refractivity contribution in [2.24, 2.45) is 45.3 Å². The average molecular weight is 737 g/mol. The molecule has 52 heavy (non-hydrogen) atoms. The van der Waals surface area contributed by atoms with Gasteiger partial charge in [-0.1, -0.05) is 39.3 Å². The highest BCUT2D eigenvalue weighted by molar-refractivity contribution is 5.26. The molecule has 0 aromatic heterocycles. The minimum absolute atomic E-state index is 0.0159. The van der Waals surface area contributed by atoms with Crippen LogP contribution in [0.5, 0.6) is 0 Å². The molecule has 4 saturated heterocycles. The lowest BCUT2D eigenvalue weighted by Crippen LogP contribution is -2.67. The molecule has 296 valence electrons. The summed E-state index contributed by atoms with van der Waals surface area (Å²) in [5.74, 6) is 0.337. The third kappa shape index (κ3) is 5.29. The number of ether oxygens (including phenoxy) is 6. The number of aliphatic hydroxyl groups is 6. The van der Waals surface area contributed by atoms with Crippen LogP contribution in [-0.4, -0.2) is 123 Å². The van der Waals surface area contributed by atoms with Crippen LogP contribution in [0.25, 0.3) is 0 Å². The van der Waals surface area contributed by atoms with Crippen LogP contribution >= 0.6 is 0 Å². The summed E-state index contributed by atoms with van der Waals surface area (Å²) < 4.78 is 38.0. The Balaban J connectivity index is 1.03. The topological polar surface area (TPSA) is 177 Å². The number of hydrogen-bond donors (Lipinski definition) is 6. The molecule has 4 aliphatic heterocycles. The predicted molar refractivity (Wildman–Crippen MR) is 186 cm³/mol. The average Bonchev–Trinajstić information content (AvgIpc) is 3.67. The zero-order valence-electron chi connectivity index (χ0n) is 32.1. The molecule has 12 nitrogen and oxygen atoms in total. The lowest BCUT2D eigenvalue weighted by atomic mass is 9.35. The molecule has 12 heteroatoms. The third-order valence-corrected chi connectivity index (χ3v) is 16.3. The fourth-order valence-corrected chi connectivity index (χ4v) is 14.1. The first kappa shape index (κ1) is 38.1. The number of hydrogen-bond acceptors (Lipinski definition) is 12. The molecule has 4 aliphatic carbocycles. The SMILES string of the molecule is CC(C)=C[C@H]1C[C@](C)(O)[C@@H]2[C@H]3CC[C@@H]4[C@@]5(C)CC[C@H](O[C@@H]6OC[C@H](O)[C@H](O)[C@H]6O[C@@H]6O[C@@H](CO)[C@H](O)[C@H]6O)C(C)(C)[C@@H]5CC[C@@]4(C)[C@@]34CO[C@@]2(C4)O1. The van der Waals surface area contributed by atoms with Crippen LogP contribution < -0.4 is 0 Å². The Kier molecular flexibility index (Phi) is 9.27. The van der Waals surface area contributed by atoms with Crippen molar-refractivity contribution in [2.75, 3.05) is 19.8 Å². The number of allylic oxidation sites excluding steroid dienone is 1. The van der Waals surface area contributed by atoms with Crippen molar-refractivity contribution in [3.63, 3.8) is 0 Å². The van der Waals surface area contributed by atoms with E-state index in [1.807, 2.05) is 6.92 Å². The van der Waals surface area contributed by atoms with E-state index >= 15 is 0 Å². The van der Waals surface area contributed by atoms with E-state index in [1.54, 1.807) is 0 Å². The minimum Gasteiger partial charge on any atom is -0.394 e. The summed E-state index contributed by atoms with van der Waals surface area (Å²) in [5, 5.41) is 64.1. The maximum absolute atomic E-state index is 12.1. The normalized spacial score (nSPS) is 57.8. The summed E-state index contributed by atoms with van der Waals surface area (Å²) in [4.78, 5) is 0. The molecule has 8 fully saturated rings. The van der Waals surface area contributed by atoms with Gasteiger partial charge in [0.05, 0.1) is 37.6 Å². The van der Waals surface area contributed by atoms with Crippen molar-refractivity contribution in [3.05, 3.63) is 11.6 Å². The molecule has 6 N–H and O–H groups in total. The van der Waals surface area contributed by atoms with E-state index < -0.39 is 67.2 Å². The summed E-state index contributed by atoms with van der Waals surface area (Å²) in [6.07, 6.45) is -0.930. The van der Waals surface area contributed by atoms with E-state index in [0.717, 1.165) is 44.9 Å².